The van der Waals surface area contributed by atoms with Crippen molar-refractivity contribution in [2.75, 3.05) is 53.4 Å². The van der Waals surface area contributed by atoms with Crippen LogP contribution in [-0.2, 0) is 11.3 Å². The molecule has 0 saturated carbocycles. The molecule has 2 saturated heterocycles. The van der Waals surface area contributed by atoms with Gasteiger partial charge in [0.15, 0.2) is 11.6 Å². The summed E-state index contributed by atoms with van der Waals surface area (Å²) in [5.41, 5.74) is 1.07. The number of benzene rings is 1. The van der Waals surface area contributed by atoms with Gasteiger partial charge in [-0.2, -0.15) is 0 Å². The first kappa shape index (κ1) is 20.1. The summed E-state index contributed by atoms with van der Waals surface area (Å²) in [6.07, 6.45) is 3.98. The number of hydrogen-bond acceptors (Lipinski definition) is 4. The number of methoxy groups -OCH3 is 1. The van der Waals surface area contributed by atoms with Crippen LogP contribution in [0.1, 0.15) is 31.2 Å². The lowest BCUT2D eigenvalue weighted by Gasteiger charge is -2.34. The Morgan fingerprint density at radius 3 is 2.74 bits per heavy atom. The molecule has 0 spiro atoms. The van der Waals surface area contributed by atoms with E-state index in [1.807, 2.05) is 11.0 Å². The van der Waals surface area contributed by atoms with Crippen LogP contribution in [0.5, 0.6) is 5.75 Å². The third kappa shape index (κ3) is 5.66. The highest BCUT2D eigenvalue weighted by Gasteiger charge is 2.23. The second kappa shape index (κ2) is 9.51. The van der Waals surface area contributed by atoms with Gasteiger partial charge in [-0.05, 0) is 56.5 Å². The van der Waals surface area contributed by atoms with E-state index < -0.39 is 0 Å². The number of piperazine rings is 1. The summed E-state index contributed by atoms with van der Waals surface area (Å²) in [7, 11) is 3.60. The van der Waals surface area contributed by atoms with Gasteiger partial charge >= 0.3 is 0 Å². The fourth-order valence-electron chi connectivity index (χ4n) is 4.13. The Balaban J connectivity index is 1.46. The predicted molar refractivity (Wildman–Crippen MR) is 104 cm³/mol. The molecule has 1 amide bonds. The minimum atomic E-state index is -0.319. The second-order valence-corrected chi connectivity index (χ2v) is 7.94. The third-order valence-electron chi connectivity index (χ3n) is 5.85. The number of hydrogen-bond donors (Lipinski definition) is 0. The summed E-state index contributed by atoms with van der Waals surface area (Å²) in [6, 6.07) is 5.10. The van der Waals surface area contributed by atoms with Crippen molar-refractivity contribution in [2.24, 2.45) is 5.92 Å². The van der Waals surface area contributed by atoms with Crippen molar-refractivity contribution in [1.82, 2.24) is 14.7 Å². The molecule has 0 aliphatic carbocycles. The number of carbonyl (C=O) groups excluding carboxylic acids is 1. The highest BCUT2D eigenvalue weighted by atomic mass is 19.1. The Morgan fingerprint density at radius 2 is 2.00 bits per heavy atom. The maximum Gasteiger partial charge on any atom is 0.222 e. The Bertz CT molecular complexity index is 632. The first-order valence-corrected chi connectivity index (χ1v) is 10.1. The number of rotatable bonds is 6. The van der Waals surface area contributed by atoms with Gasteiger partial charge in [0.2, 0.25) is 5.91 Å². The lowest BCUT2D eigenvalue weighted by molar-refractivity contribution is -0.133. The third-order valence-corrected chi connectivity index (χ3v) is 5.85. The van der Waals surface area contributed by atoms with E-state index in [0.29, 0.717) is 24.0 Å². The van der Waals surface area contributed by atoms with E-state index in [1.165, 1.54) is 19.6 Å². The summed E-state index contributed by atoms with van der Waals surface area (Å²) < 4.78 is 18.7. The molecule has 1 aromatic rings. The van der Waals surface area contributed by atoms with Crippen molar-refractivity contribution in [3.63, 3.8) is 0 Å². The summed E-state index contributed by atoms with van der Waals surface area (Å²) in [5.74, 6) is 0.861. The van der Waals surface area contributed by atoms with Crippen LogP contribution in [0.25, 0.3) is 0 Å². The molecule has 0 unspecified atom stereocenters. The molecule has 0 bridgehead atoms. The summed E-state index contributed by atoms with van der Waals surface area (Å²) in [4.78, 5) is 19.2. The van der Waals surface area contributed by atoms with E-state index in [-0.39, 0.29) is 5.82 Å². The van der Waals surface area contributed by atoms with Crippen LogP contribution in [0, 0.1) is 11.7 Å². The van der Waals surface area contributed by atoms with Crippen LogP contribution in [0.4, 0.5) is 4.39 Å². The van der Waals surface area contributed by atoms with E-state index >= 15 is 0 Å². The van der Waals surface area contributed by atoms with E-state index in [9.17, 15) is 9.18 Å². The monoisotopic (exact) mass is 377 g/mol. The second-order valence-electron chi connectivity index (χ2n) is 7.94. The number of ether oxygens (including phenoxy) is 1. The highest BCUT2D eigenvalue weighted by molar-refractivity contribution is 5.76. The van der Waals surface area contributed by atoms with Crippen LogP contribution in [0.2, 0.25) is 0 Å². The number of likely N-dealkylation sites (N-methyl/N-ethyl adjacent to an activating group) is 1. The van der Waals surface area contributed by atoms with Gasteiger partial charge in [0.05, 0.1) is 7.11 Å². The van der Waals surface area contributed by atoms with Gasteiger partial charge in [-0.3, -0.25) is 9.69 Å². The molecule has 2 heterocycles. The van der Waals surface area contributed by atoms with Crippen molar-refractivity contribution in [2.45, 2.75) is 32.2 Å². The lowest BCUT2D eigenvalue weighted by atomic mass is 9.92. The van der Waals surface area contributed by atoms with Gasteiger partial charge in [-0.15, -0.1) is 0 Å². The lowest BCUT2D eigenvalue weighted by Crippen LogP contribution is -2.47. The topological polar surface area (TPSA) is 36.0 Å². The van der Waals surface area contributed by atoms with E-state index in [4.69, 9.17) is 4.74 Å². The maximum absolute atomic E-state index is 13.6. The largest absolute Gasteiger partial charge is 0.494 e. The average Bonchev–Trinajstić information content (AvgIpc) is 2.68. The van der Waals surface area contributed by atoms with Crippen LogP contribution in [0.3, 0.4) is 0 Å². The molecular weight excluding hydrogens is 345 g/mol. The number of piperidine rings is 1. The summed E-state index contributed by atoms with van der Waals surface area (Å²) >= 11 is 0. The molecular formula is C21H32FN3O2. The fraction of sp³-hybridized carbons (Fsp3) is 0.667. The van der Waals surface area contributed by atoms with Gasteiger partial charge in [0, 0.05) is 45.7 Å². The normalized spacial score (nSPS) is 22.0. The zero-order valence-electron chi connectivity index (χ0n) is 16.6. The molecule has 0 aromatic heterocycles. The quantitative estimate of drug-likeness (QED) is 0.764. The minimum Gasteiger partial charge on any atom is -0.494 e. The molecule has 1 aromatic carbocycles. The SMILES string of the molecule is COc1cc(CN2CCC[C@@H](CCC(=O)N3CCN(C)CC3)C2)ccc1F. The molecule has 0 radical (unpaired) electrons. The van der Waals surface area contributed by atoms with Gasteiger partial charge in [-0.25, -0.2) is 4.39 Å². The van der Waals surface area contributed by atoms with E-state index in [1.54, 1.807) is 6.07 Å². The average molecular weight is 378 g/mol. The highest BCUT2D eigenvalue weighted by Crippen LogP contribution is 2.25. The van der Waals surface area contributed by atoms with Crippen LogP contribution >= 0.6 is 0 Å². The zero-order valence-corrected chi connectivity index (χ0v) is 16.6. The molecule has 2 aliphatic rings. The molecule has 27 heavy (non-hydrogen) atoms. The number of carbonyl (C=O) groups is 1. The molecule has 5 nitrogen and oxygen atoms in total. The van der Waals surface area contributed by atoms with Crippen LogP contribution in [0.15, 0.2) is 18.2 Å². The van der Waals surface area contributed by atoms with Gasteiger partial charge < -0.3 is 14.5 Å². The number of likely N-dealkylation sites (tertiary alicyclic amines) is 1. The van der Waals surface area contributed by atoms with Gasteiger partial charge in [0.25, 0.3) is 0 Å². The van der Waals surface area contributed by atoms with E-state index in [0.717, 1.165) is 64.2 Å². The van der Waals surface area contributed by atoms with Gasteiger partial charge in [-0.1, -0.05) is 6.07 Å². The Kier molecular flexibility index (Phi) is 7.07. The summed E-state index contributed by atoms with van der Waals surface area (Å²) in [5, 5.41) is 0. The molecule has 1 atom stereocenters. The maximum atomic E-state index is 13.6. The Hall–Kier alpha value is -1.66. The van der Waals surface area contributed by atoms with Gasteiger partial charge in [0.1, 0.15) is 0 Å². The molecule has 3 rings (SSSR count). The number of halogens is 1. The van der Waals surface area contributed by atoms with Crippen molar-refractivity contribution >= 4 is 5.91 Å². The first-order chi connectivity index (χ1) is 13.0. The minimum absolute atomic E-state index is 0.304. The zero-order chi connectivity index (χ0) is 19.2. The smallest absolute Gasteiger partial charge is 0.222 e. The van der Waals surface area contributed by atoms with Crippen LogP contribution < -0.4 is 4.74 Å². The van der Waals surface area contributed by atoms with Crippen molar-refractivity contribution in [3.8, 4) is 5.75 Å². The number of amides is 1. The Morgan fingerprint density at radius 1 is 1.22 bits per heavy atom. The molecule has 2 aliphatic heterocycles. The Labute approximate surface area is 162 Å². The molecule has 6 heteroatoms. The van der Waals surface area contributed by atoms with Crippen molar-refractivity contribution in [1.29, 1.82) is 0 Å². The van der Waals surface area contributed by atoms with Crippen molar-refractivity contribution < 1.29 is 13.9 Å². The molecule has 150 valence electrons. The van der Waals surface area contributed by atoms with Crippen LogP contribution in [-0.4, -0.2) is 74.0 Å². The summed E-state index contributed by atoms with van der Waals surface area (Å²) in [6.45, 7) is 6.54. The van der Waals surface area contributed by atoms with Crippen molar-refractivity contribution in [3.05, 3.63) is 29.6 Å². The molecule has 0 N–H and O–H groups in total. The first-order valence-electron chi connectivity index (χ1n) is 10.1. The van der Waals surface area contributed by atoms with E-state index in [2.05, 4.69) is 16.8 Å². The fourth-order valence-corrected chi connectivity index (χ4v) is 4.13. The number of nitrogens with zero attached hydrogens (tertiary/aromatic N) is 3. The molecule has 2 fully saturated rings. The predicted octanol–water partition coefficient (Wildman–Crippen LogP) is 2.60. The standard InChI is InChI=1S/C21H32FN3O2/c1-23-10-12-25(13-11-23)21(26)8-6-17-4-3-9-24(15-17)16-18-5-7-19(22)20(14-18)27-2/h5,7,14,17H,3-4,6,8-13,15-16H2,1-2H3/t17-/m0/s1.